The van der Waals surface area contributed by atoms with Crippen LogP contribution < -0.4 is 16.1 Å². The molecule has 2 aromatic rings. The molecule has 0 aliphatic heterocycles. The van der Waals surface area contributed by atoms with Crippen LogP contribution in [0.25, 0.3) is 0 Å². The molecule has 1 aromatic heterocycles. The molecule has 0 aliphatic carbocycles. The number of hydrogen-bond acceptors (Lipinski definition) is 7. The summed E-state index contributed by atoms with van der Waals surface area (Å²) in [5.41, 5.74) is 2.84. The van der Waals surface area contributed by atoms with Gasteiger partial charge in [-0.2, -0.15) is 5.10 Å². The fraction of sp³-hybridized carbons (Fsp3) is 0. The lowest BCUT2D eigenvalue weighted by atomic mass is 10.1. The molecular formula is C11H8N5O3-. The van der Waals surface area contributed by atoms with Crippen molar-refractivity contribution in [2.75, 3.05) is 5.43 Å². The Balaban J connectivity index is 2.03. The number of carboxylic acids is 1. The Morgan fingerprint density at radius 3 is 2.74 bits per heavy atom. The Labute approximate surface area is 106 Å². The van der Waals surface area contributed by atoms with E-state index >= 15 is 0 Å². The molecule has 96 valence electrons. The summed E-state index contributed by atoms with van der Waals surface area (Å²) in [6, 6.07) is 5.94. The summed E-state index contributed by atoms with van der Waals surface area (Å²) in [5, 5.41) is 21.4. The number of carbonyl (C=O) groups is 1. The van der Waals surface area contributed by atoms with Gasteiger partial charge in [-0.25, -0.2) is 5.43 Å². The van der Waals surface area contributed by atoms with Crippen molar-refractivity contribution >= 4 is 18.1 Å². The van der Waals surface area contributed by atoms with Crippen LogP contribution in [-0.4, -0.2) is 27.4 Å². The lowest BCUT2D eigenvalue weighted by Gasteiger charge is -2.01. The van der Waals surface area contributed by atoms with Gasteiger partial charge in [0.15, 0.2) is 0 Å². The summed E-state index contributed by atoms with van der Waals surface area (Å²) in [6.45, 7) is 0. The summed E-state index contributed by atoms with van der Waals surface area (Å²) in [4.78, 5) is 23.8. The van der Waals surface area contributed by atoms with Gasteiger partial charge in [-0.05, 0) is 11.1 Å². The van der Waals surface area contributed by atoms with Crippen LogP contribution in [0.5, 0.6) is 0 Å². The average Bonchev–Trinajstić information content (AvgIpc) is 2.39. The Morgan fingerprint density at radius 1 is 1.37 bits per heavy atom. The lowest BCUT2D eigenvalue weighted by Crippen LogP contribution is -2.21. The second-order valence-corrected chi connectivity index (χ2v) is 3.46. The number of nitrogens with zero attached hydrogens (tertiary/aromatic N) is 3. The number of anilines is 1. The van der Waals surface area contributed by atoms with Gasteiger partial charge >= 0.3 is 0 Å². The Hall–Kier alpha value is -3.03. The molecule has 19 heavy (non-hydrogen) atoms. The van der Waals surface area contributed by atoms with E-state index in [1.165, 1.54) is 18.3 Å². The van der Waals surface area contributed by atoms with Crippen LogP contribution in [0.2, 0.25) is 0 Å². The zero-order chi connectivity index (χ0) is 13.7. The molecule has 0 aliphatic rings. The third-order valence-electron chi connectivity index (χ3n) is 2.10. The third-order valence-corrected chi connectivity index (χ3v) is 2.10. The quantitative estimate of drug-likeness (QED) is 0.534. The SMILES string of the molecule is O=C([O-])c1ccc(/C=N\Nc2nncc(=O)[nH]2)cc1. The first-order valence-corrected chi connectivity index (χ1v) is 5.17. The van der Waals surface area contributed by atoms with Crippen molar-refractivity contribution in [1.29, 1.82) is 0 Å². The number of carboxylic acid groups (broad SMARTS) is 1. The minimum Gasteiger partial charge on any atom is -0.545 e. The molecule has 8 nitrogen and oxygen atoms in total. The van der Waals surface area contributed by atoms with Crippen molar-refractivity contribution in [1.82, 2.24) is 15.2 Å². The average molecular weight is 258 g/mol. The monoisotopic (exact) mass is 258 g/mol. The molecule has 0 spiro atoms. The van der Waals surface area contributed by atoms with E-state index in [1.807, 2.05) is 0 Å². The number of hydrogen-bond donors (Lipinski definition) is 2. The molecule has 0 radical (unpaired) electrons. The highest BCUT2D eigenvalue weighted by atomic mass is 16.4. The van der Waals surface area contributed by atoms with Gasteiger partial charge in [0.2, 0.25) is 5.95 Å². The van der Waals surface area contributed by atoms with Crippen LogP contribution in [-0.2, 0) is 0 Å². The van der Waals surface area contributed by atoms with Crippen molar-refractivity contribution in [2.24, 2.45) is 5.10 Å². The predicted octanol–water partition coefficient (Wildman–Crippen LogP) is -1.03. The molecule has 0 atom stereocenters. The van der Waals surface area contributed by atoms with Crippen molar-refractivity contribution in [2.45, 2.75) is 0 Å². The topological polar surface area (TPSA) is 123 Å². The first-order chi connectivity index (χ1) is 9.15. The molecule has 2 N–H and O–H groups in total. The minimum atomic E-state index is -1.24. The van der Waals surface area contributed by atoms with Gasteiger partial charge in [-0.3, -0.25) is 9.78 Å². The number of carbonyl (C=O) groups excluding carboxylic acids is 1. The number of aromatic carboxylic acids is 1. The van der Waals surface area contributed by atoms with Gasteiger partial charge in [0.25, 0.3) is 5.56 Å². The summed E-state index contributed by atoms with van der Waals surface area (Å²) in [7, 11) is 0. The molecule has 8 heteroatoms. The maximum Gasteiger partial charge on any atom is 0.271 e. The van der Waals surface area contributed by atoms with E-state index in [-0.39, 0.29) is 11.5 Å². The molecule has 0 amide bonds. The van der Waals surface area contributed by atoms with Crippen LogP contribution in [0.15, 0.2) is 40.4 Å². The smallest absolute Gasteiger partial charge is 0.271 e. The van der Waals surface area contributed by atoms with Gasteiger partial charge in [0.05, 0.1) is 12.2 Å². The lowest BCUT2D eigenvalue weighted by molar-refractivity contribution is -0.255. The summed E-state index contributed by atoms with van der Waals surface area (Å²) < 4.78 is 0. The van der Waals surface area contributed by atoms with E-state index in [4.69, 9.17) is 0 Å². The van der Waals surface area contributed by atoms with E-state index in [1.54, 1.807) is 12.1 Å². The molecule has 2 rings (SSSR count). The van der Waals surface area contributed by atoms with Crippen molar-refractivity contribution in [3.63, 3.8) is 0 Å². The molecule has 0 bridgehead atoms. The second-order valence-electron chi connectivity index (χ2n) is 3.46. The number of rotatable bonds is 4. The standard InChI is InChI=1S/C11H9N5O3/c17-9-6-13-16-11(14-9)15-12-5-7-1-3-8(4-2-7)10(18)19/h1-6H,(H,18,19)(H2,14,15,16,17)/p-1/b12-5-. The van der Waals surface area contributed by atoms with Crippen molar-refractivity contribution < 1.29 is 9.90 Å². The molecule has 1 aromatic carbocycles. The first kappa shape index (κ1) is 12.4. The first-order valence-electron chi connectivity index (χ1n) is 5.17. The van der Waals surface area contributed by atoms with Crippen LogP contribution in [0, 0.1) is 0 Å². The van der Waals surface area contributed by atoms with Crippen LogP contribution in [0.1, 0.15) is 15.9 Å². The van der Waals surface area contributed by atoms with Crippen LogP contribution in [0.4, 0.5) is 5.95 Å². The fourth-order valence-corrected chi connectivity index (χ4v) is 1.24. The van der Waals surface area contributed by atoms with Gasteiger partial charge < -0.3 is 9.90 Å². The van der Waals surface area contributed by atoms with E-state index in [2.05, 4.69) is 25.7 Å². The fourth-order valence-electron chi connectivity index (χ4n) is 1.24. The summed E-state index contributed by atoms with van der Waals surface area (Å²) >= 11 is 0. The summed E-state index contributed by atoms with van der Waals surface area (Å²) in [5.74, 6) is -1.13. The van der Waals surface area contributed by atoms with Crippen molar-refractivity contribution in [3.05, 3.63) is 51.9 Å². The number of aromatic amines is 1. The molecule has 1 heterocycles. The van der Waals surface area contributed by atoms with E-state index in [0.717, 1.165) is 6.20 Å². The zero-order valence-electron chi connectivity index (χ0n) is 9.53. The third kappa shape index (κ3) is 3.46. The van der Waals surface area contributed by atoms with Crippen LogP contribution in [0.3, 0.4) is 0 Å². The van der Waals surface area contributed by atoms with Gasteiger partial charge in [-0.1, -0.05) is 24.3 Å². The number of nitrogens with one attached hydrogen (secondary N) is 2. The van der Waals surface area contributed by atoms with E-state index in [9.17, 15) is 14.7 Å². The molecule has 0 fully saturated rings. The number of aromatic nitrogens is 3. The molecule has 0 saturated heterocycles. The Bertz CT molecular complexity index is 663. The number of H-pyrrole nitrogens is 1. The summed E-state index contributed by atoms with van der Waals surface area (Å²) in [6.07, 6.45) is 2.47. The Kier molecular flexibility index (Phi) is 3.62. The maximum atomic E-state index is 10.9. The second kappa shape index (κ2) is 5.54. The van der Waals surface area contributed by atoms with Gasteiger partial charge in [0.1, 0.15) is 6.20 Å². The van der Waals surface area contributed by atoms with Gasteiger partial charge in [0, 0.05) is 0 Å². The minimum absolute atomic E-state index is 0.0864. The largest absolute Gasteiger partial charge is 0.545 e. The highest BCUT2D eigenvalue weighted by molar-refractivity contribution is 5.87. The van der Waals surface area contributed by atoms with Crippen molar-refractivity contribution in [3.8, 4) is 0 Å². The highest BCUT2D eigenvalue weighted by Crippen LogP contribution is 2.01. The van der Waals surface area contributed by atoms with E-state index < -0.39 is 11.5 Å². The van der Waals surface area contributed by atoms with E-state index in [0.29, 0.717) is 5.56 Å². The molecule has 0 saturated carbocycles. The molecular weight excluding hydrogens is 250 g/mol. The van der Waals surface area contributed by atoms with Crippen LogP contribution >= 0.6 is 0 Å². The van der Waals surface area contributed by atoms with Gasteiger partial charge in [-0.15, -0.1) is 10.2 Å². The zero-order valence-corrected chi connectivity index (χ0v) is 9.53. The number of hydrazone groups is 1. The highest BCUT2D eigenvalue weighted by Gasteiger charge is 1.94. The Morgan fingerprint density at radius 2 is 2.11 bits per heavy atom. The number of benzene rings is 1. The maximum absolute atomic E-state index is 10.9. The normalized spacial score (nSPS) is 10.5. The molecule has 0 unspecified atom stereocenters. The predicted molar refractivity (Wildman–Crippen MR) is 64.6 cm³/mol.